The molecule has 0 unspecified atom stereocenters. The number of halogens is 1. The maximum absolute atomic E-state index is 14.4. The van der Waals surface area contributed by atoms with Crippen molar-refractivity contribution in [2.45, 2.75) is 13.5 Å². The number of pyridine rings is 2. The summed E-state index contributed by atoms with van der Waals surface area (Å²) in [6, 6.07) is 10.5. The van der Waals surface area contributed by atoms with Crippen LogP contribution in [0.25, 0.3) is 22.1 Å². The van der Waals surface area contributed by atoms with Crippen LogP contribution in [0.2, 0.25) is 0 Å². The van der Waals surface area contributed by atoms with Crippen molar-refractivity contribution in [3.05, 3.63) is 59.7 Å². The number of fused-ring (bicyclic) bond motifs is 2. The summed E-state index contributed by atoms with van der Waals surface area (Å²) in [6.45, 7) is 1.97. The highest BCUT2D eigenvalue weighted by atomic mass is 19.1. The molecule has 1 aromatic carbocycles. The van der Waals surface area contributed by atoms with Gasteiger partial charge in [-0.25, -0.2) is 14.1 Å². The second-order valence-corrected chi connectivity index (χ2v) is 5.64. The van der Waals surface area contributed by atoms with Crippen molar-refractivity contribution in [3.63, 3.8) is 0 Å². The van der Waals surface area contributed by atoms with Gasteiger partial charge in [-0.05, 0) is 31.2 Å². The Bertz CT molecular complexity index is 1120. The minimum absolute atomic E-state index is 0.211. The van der Waals surface area contributed by atoms with E-state index in [2.05, 4.69) is 25.4 Å². The summed E-state index contributed by atoms with van der Waals surface area (Å²) in [6.07, 6.45) is 1.64. The molecule has 0 spiro atoms. The molecule has 3 heterocycles. The van der Waals surface area contributed by atoms with Gasteiger partial charge in [0, 0.05) is 23.2 Å². The number of hydrogen-bond acceptors (Lipinski definition) is 6. The number of hydrazone groups is 1. The summed E-state index contributed by atoms with van der Waals surface area (Å²) in [5.41, 5.74) is 3.49. The standard InChI is InChI=1S/C17H14FN7/c1-10(22-19)14-4-5-15-17(21-14)25(24-23-15)9-12-7-11-3-2-6-20-16(11)8-13(12)18/h2-8H,9,19H2,1H3. The van der Waals surface area contributed by atoms with Gasteiger partial charge < -0.3 is 5.84 Å². The molecule has 4 rings (SSSR count). The molecule has 0 fully saturated rings. The first kappa shape index (κ1) is 15.1. The van der Waals surface area contributed by atoms with E-state index < -0.39 is 0 Å². The van der Waals surface area contributed by atoms with Crippen molar-refractivity contribution >= 4 is 27.8 Å². The number of aromatic nitrogens is 5. The molecule has 0 aliphatic heterocycles. The lowest BCUT2D eigenvalue weighted by molar-refractivity contribution is 0.583. The average molecular weight is 335 g/mol. The molecule has 0 radical (unpaired) electrons. The van der Waals surface area contributed by atoms with Crippen LogP contribution >= 0.6 is 0 Å². The average Bonchev–Trinajstić information content (AvgIpc) is 3.04. The van der Waals surface area contributed by atoms with Gasteiger partial charge in [0.25, 0.3) is 0 Å². The Morgan fingerprint density at radius 3 is 2.96 bits per heavy atom. The highest BCUT2D eigenvalue weighted by molar-refractivity contribution is 5.98. The molecule has 0 aliphatic carbocycles. The van der Waals surface area contributed by atoms with E-state index in [1.54, 1.807) is 36.0 Å². The lowest BCUT2D eigenvalue weighted by atomic mass is 10.1. The Morgan fingerprint density at radius 2 is 2.12 bits per heavy atom. The maximum Gasteiger partial charge on any atom is 0.179 e. The van der Waals surface area contributed by atoms with E-state index in [9.17, 15) is 4.39 Å². The van der Waals surface area contributed by atoms with Gasteiger partial charge in [-0.3, -0.25) is 4.98 Å². The fraction of sp³-hybridized carbons (Fsp3) is 0.118. The second kappa shape index (κ2) is 5.90. The first-order valence-electron chi connectivity index (χ1n) is 7.64. The van der Waals surface area contributed by atoms with Crippen molar-refractivity contribution in [2.24, 2.45) is 10.9 Å². The molecule has 3 aromatic heterocycles. The van der Waals surface area contributed by atoms with Crippen LogP contribution in [0.15, 0.2) is 47.7 Å². The van der Waals surface area contributed by atoms with Crippen LogP contribution in [0.5, 0.6) is 0 Å². The summed E-state index contributed by atoms with van der Waals surface area (Å²) in [5.74, 6) is 4.97. The van der Waals surface area contributed by atoms with E-state index in [0.29, 0.717) is 33.6 Å². The number of benzene rings is 1. The van der Waals surface area contributed by atoms with Gasteiger partial charge in [-0.2, -0.15) is 5.10 Å². The zero-order chi connectivity index (χ0) is 17.4. The Morgan fingerprint density at radius 1 is 1.24 bits per heavy atom. The summed E-state index contributed by atoms with van der Waals surface area (Å²) in [4.78, 5) is 8.64. The van der Waals surface area contributed by atoms with Crippen LogP contribution in [0, 0.1) is 5.82 Å². The fourth-order valence-electron chi connectivity index (χ4n) is 2.65. The molecule has 8 heteroatoms. The van der Waals surface area contributed by atoms with Crippen LogP contribution < -0.4 is 5.84 Å². The smallest absolute Gasteiger partial charge is 0.179 e. The molecule has 4 aromatic rings. The predicted octanol–water partition coefficient (Wildman–Crippen LogP) is 2.24. The highest BCUT2D eigenvalue weighted by Crippen LogP contribution is 2.19. The molecular weight excluding hydrogens is 321 g/mol. The molecule has 25 heavy (non-hydrogen) atoms. The zero-order valence-electron chi connectivity index (χ0n) is 13.4. The third-order valence-electron chi connectivity index (χ3n) is 4.02. The first-order chi connectivity index (χ1) is 12.2. The monoisotopic (exact) mass is 335 g/mol. The lowest BCUT2D eigenvalue weighted by Crippen LogP contribution is -2.07. The highest BCUT2D eigenvalue weighted by Gasteiger charge is 2.12. The SMILES string of the molecule is CC(=NN)c1ccc2nnn(Cc3cc4cccnc4cc3F)c2n1. The Labute approximate surface area is 142 Å². The van der Waals surface area contributed by atoms with Gasteiger partial charge in [0.15, 0.2) is 5.65 Å². The molecule has 2 N–H and O–H groups in total. The van der Waals surface area contributed by atoms with E-state index in [0.717, 1.165) is 5.39 Å². The minimum Gasteiger partial charge on any atom is -0.323 e. The molecule has 0 aliphatic rings. The molecule has 0 atom stereocenters. The van der Waals surface area contributed by atoms with Gasteiger partial charge >= 0.3 is 0 Å². The largest absolute Gasteiger partial charge is 0.323 e. The van der Waals surface area contributed by atoms with E-state index in [-0.39, 0.29) is 12.4 Å². The topological polar surface area (TPSA) is 94.9 Å². The summed E-state index contributed by atoms with van der Waals surface area (Å²) < 4.78 is 16.0. The van der Waals surface area contributed by atoms with Crippen molar-refractivity contribution in [1.82, 2.24) is 25.0 Å². The molecule has 0 saturated carbocycles. The van der Waals surface area contributed by atoms with Crippen molar-refractivity contribution in [1.29, 1.82) is 0 Å². The van der Waals surface area contributed by atoms with E-state index in [1.165, 1.54) is 6.07 Å². The predicted molar refractivity (Wildman–Crippen MR) is 92.5 cm³/mol. The maximum atomic E-state index is 14.4. The second-order valence-electron chi connectivity index (χ2n) is 5.64. The Kier molecular flexibility index (Phi) is 3.57. The molecule has 0 saturated heterocycles. The normalized spacial score (nSPS) is 12.2. The van der Waals surface area contributed by atoms with Gasteiger partial charge in [0.2, 0.25) is 0 Å². The third kappa shape index (κ3) is 2.67. The third-order valence-corrected chi connectivity index (χ3v) is 4.02. The Hall–Kier alpha value is -3.42. The molecule has 7 nitrogen and oxygen atoms in total. The summed E-state index contributed by atoms with van der Waals surface area (Å²) in [7, 11) is 0. The summed E-state index contributed by atoms with van der Waals surface area (Å²) >= 11 is 0. The van der Waals surface area contributed by atoms with Gasteiger partial charge in [0.05, 0.1) is 23.5 Å². The lowest BCUT2D eigenvalue weighted by Gasteiger charge is -2.06. The number of nitrogens with two attached hydrogens (primary N) is 1. The number of nitrogens with zero attached hydrogens (tertiary/aromatic N) is 6. The minimum atomic E-state index is -0.342. The first-order valence-corrected chi connectivity index (χ1v) is 7.64. The summed E-state index contributed by atoms with van der Waals surface area (Å²) in [5, 5.41) is 12.7. The fourth-order valence-corrected chi connectivity index (χ4v) is 2.65. The van der Waals surface area contributed by atoms with Crippen LogP contribution in [0.1, 0.15) is 18.2 Å². The van der Waals surface area contributed by atoms with Crippen LogP contribution in [-0.2, 0) is 6.54 Å². The van der Waals surface area contributed by atoms with Crippen molar-refractivity contribution < 1.29 is 4.39 Å². The van der Waals surface area contributed by atoms with E-state index >= 15 is 0 Å². The van der Waals surface area contributed by atoms with Crippen LogP contribution in [0.4, 0.5) is 4.39 Å². The van der Waals surface area contributed by atoms with Crippen LogP contribution in [0.3, 0.4) is 0 Å². The molecule has 0 bridgehead atoms. The molecular formula is C17H14FN7. The van der Waals surface area contributed by atoms with Gasteiger partial charge in [-0.1, -0.05) is 11.3 Å². The quantitative estimate of drug-likeness (QED) is 0.352. The zero-order valence-corrected chi connectivity index (χ0v) is 13.4. The number of hydrogen-bond donors (Lipinski definition) is 1. The number of rotatable bonds is 3. The van der Waals surface area contributed by atoms with Crippen molar-refractivity contribution in [3.8, 4) is 0 Å². The molecule has 0 amide bonds. The van der Waals surface area contributed by atoms with Gasteiger partial charge in [0.1, 0.15) is 11.3 Å². The Balaban J connectivity index is 1.79. The van der Waals surface area contributed by atoms with E-state index in [4.69, 9.17) is 5.84 Å². The van der Waals surface area contributed by atoms with Crippen LogP contribution in [-0.4, -0.2) is 30.7 Å². The van der Waals surface area contributed by atoms with Crippen molar-refractivity contribution in [2.75, 3.05) is 0 Å². The van der Waals surface area contributed by atoms with Gasteiger partial charge in [-0.15, -0.1) is 5.10 Å². The van der Waals surface area contributed by atoms with E-state index in [1.807, 2.05) is 12.1 Å². The molecule has 124 valence electrons.